The maximum atomic E-state index is 12.1. The molecule has 0 spiro atoms. The Hall–Kier alpha value is -1.92. The van der Waals surface area contributed by atoms with Crippen molar-refractivity contribution in [3.05, 3.63) is 24.3 Å². The number of hydrogen-bond acceptors (Lipinski definition) is 3. The number of alkyl halides is 3. The van der Waals surface area contributed by atoms with Gasteiger partial charge in [0.1, 0.15) is 5.75 Å². The Balaban J connectivity index is 2.41. The maximum absolute atomic E-state index is 12.1. The Bertz CT molecular complexity index is 447. The molecule has 0 heterocycles. The second kappa shape index (κ2) is 7.02. The number of rotatable bonds is 6. The van der Waals surface area contributed by atoms with Gasteiger partial charge in [-0.05, 0) is 18.6 Å². The van der Waals surface area contributed by atoms with Crippen molar-refractivity contribution in [3.63, 3.8) is 0 Å². The predicted octanol–water partition coefficient (Wildman–Crippen LogP) is 2.87. The van der Waals surface area contributed by atoms with Crippen LogP contribution in [0, 0.1) is 0 Å². The van der Waals surface area contributed by atoms with E-state index in [1.54, 1.807) is 20.2 Å². The van der Waals surface area contributed by atoms with E-state index < -0.39 is 6.36 Å². The van der Waals surface area contributed by atoms with Gasteiger partial charge in [0.15, 0.2) is 0 Å². The molecule has 0 fully saturated rings. The Morgan fingerprint density at radius 2 is 2.05 bits per heavy atom. The van der Waals surface area contributed by atoms with Crippen LogP contribution in [0.4, 0.5) is 18.9 Å². The molecular formula is C13H17F3N2O2. The van der Waals surface area contributed by atoms with Gasteiger partial charge in [0.05, 0.1) is 0 Å². The van der Waals surface area contributed by atoms with E-state index in [-0.39, 0.29) is 11.7 Å². The second-order valence-corrected chi connectivity index (χ2v) is 4.39. The third-order valence-corrected chi connectivity index (χ3v) is 2.46. The number of anilines is 1. The van der Waals surface area contributed by atoms with Crippen LogP contribution in [0.15, 0.2) is 24.3 Å². The van der Waals surface area contributed by atoms with Gasteiger partial charge in [0, 0.05) is 38.8 Å². The lowest BCUT2D eigenvalue weighted by Gasteiger charge is -2.12. The fourth-order valence-electron chi connectivity index (χ4n) is 1.50. The molecule has 0 aromatic heterocycles. The minimum atomic E-state index is -4.70. The van der Waals surface area contributed by atoms with Crippen LogP contribution in [0.1, 0.15) is 12.8 Å². The summed E-state index contributed by atoms with van der Waals surface area (Å²) in [5.74, 6) is -0.257. The van der Waals surface area contributed by atoms with Crippen LogP contribution in [-0.2, 0) is 4.79 Å². The SMILES string of the molecule is CN(C)C(=O)CCCNc1cccc(OC(F)(F)F)c1. The topological polar surface area (TPSA) is 41.6 Å². The van der Waals surface area contributed by atoms with E-state index in [0.717, 1.165) is 0 Å². The predicted molar refractivity (Wildman–Crippen MR) is 69.5 cm³/mol. The van der Waals surface area contributed by atoms with Gasteiger partial charge in [-0.15, -0.1) is 13.2 Å². The molecule has 7 heteroatoms. The van der Waals surface area contributed by atoms with Gasteiger partial charge in [-0.3, -0.25) is 4.79 Å². The van der Waals surface area contributed by atoms with Crippen molar-refractivity contribution in [2.75, 3.05) is 26.0 Å². The minimum Gasteiger partial charge on any atom is -0.406 e. The van der Waals surface area contributed by atoms with Crippen molar-refractivity contribution < 1.29 is 22.7 Å². The van der Waals surface area contributed by atoms with Crippen LogP contribution >= 0.6 is 0 Å². The molecule has 1 amide bonds. The molecule has 20 heavy (non-hydrogen) atoms. The molecule has 1 aromatic carbocycles. The average molecular weight is 290 g/mol. The van der Waals surface area contributed by atoms with E-state index >= 15 is 0 Å². The zero-order valence-corrected chi connectivity index (χ0v) is 11.3. The lowest BCUT2D eigenvalue weighted by molar-refractivity contribution is -0.274. The molecular weight excluding hydrogens is 273 g/mol. The van der Waals surface area contributed by atoms with E-state index in [1.165, 1.54) is 23.1 Å². The summed E-state index contributed by atoms with van der Waals surface area (Å²) in [7, 11) is 3.35. The molecule has 0 unspecified atom stereocenters. The largest absolute Gasteiger partial charge is 0.573 e. The Kier molecular flexibility index (Phi) is 5.66. The van der Waals surface area contributed by atoms with E-state index in [2.05, 4.69) is 10.1 Å². The zero-order chi connectivity index (χ0) is 15.2. The summed E-state index contributed by atoms with van der Waals surface area (Å²) in [5.41, 5.74) is 0.518. The third-order valence-electron chi connectivity index (χ3n) is 2.46. The summed E-state index contributed by atoms with van der Waals surface area (Å²) in [4.78, 5) is 12.8. The molecule has 112 valence electrons. The van der Waals surface area contributed by atoms with Crippen LogP contribution in [0.3, 0.4) is 0 Å². The number of amides is 1. The number of hydrogen-bond donors (Lipinski definition) is 1. The van der Waals surface area contributed by atoms with Crippen LogP contribution in [0.25, 0.3) is 0 Å². The second-order valence-electron chi connectivity index (χ2n) is 4.39. The average Bonchev–Trinajstić information content (AvgIpc) is 2.32. The first-order chi connectivity index (χ1) is 9.28. The number of nitrogens with one attached hydrogen (secondary N) is 1. The van der Waals surface area contributed by atoms with Gasteiger partial charge >= 0.3 is 6.36 Å². The summed E-state index contributed by atoms with van der Waals surface area (Å²) in [5, 5.41) is 2.95. The molecule has 0 saturated carbocycles. The molecule has 0 radical (unpaired) electrons. The summed E-state index contributed by atoms with van der Waals surface area (Å²) in [6, 6.07) is 5.60. The van der Waals surface area contributed by atoms with Crippen molar-refractivity contribution in [2.45, 2.75) is 19.2 Å². The van der Waals surface area contributed by atoms with Gasteiger partial charge in [-0.25, -0.2) is 0 Å². The van der Waals surface area contributed by atoms with Crippen LogP contribution < -0.4 is 10.1 Å². The number of ether oxygens (including phenoxy) is 1. The normalized spacial score (nSPS) is 11.1. The minimum absolute atomic E-state index is 0.0148. The highest BCUT2D eigenvalue weighted by Gasteiger charge is 2.31. The van der Waals surface area contributed by atoms with E-state index in [9.17, 15) is 18.0 Å². The van der Waals surface area contributed by atoms with Gasteiger partial charge in [-0.2, -0.15) is 0 Å². The lowest BCUT2D eigenvalue weighted by atomic mass is 10.2. The van der Waals surface area contributed by atoms with Crippen molar-refractivity contribution in [1.82, 2.24) is 4.90 Å². The van der Waals surface area contributed by atoms with Crippen LogP contribution in [-0.4, -0.2) is 37.8 Å². The maximum Gasteiger partial charge on any atom is 0.573 e. The number of halogens is 3. The molecule has 1 rings (SSSR count). The van der Waals surface area contributed by atoms with E-state index in [0.29, 0.717) is 25.1 Å². The first kappa shape index (κ1) is 16.1. The molecule has 0 aliphatic rings. The number of carbonyl (C=O) groups excluding carboxylic acids is 1. The molecule has 4 nitrogen and oxygen atoms in total. The molecule has 0 bridgehead atoms. The first-order valence-corrected chi connectivity index (χ1v) is 6.08. The smallest absolute Gasteiger partial charge is 0.406 e. The first-order valence-electron chi connectivity index (χ1n) is 6.08. The van der Waals surface area contributed by atoms with Crippen molar-refractivity contribution in [1.29, 1.82) is 0 Å². The standard InChI is InChI=1S/C13H17F3N2O2/c1-18(2)12(19)7-4-8-17-10-5-3-6-11(9-10)20-13(14,15)16/h3,5-6,9,17H,4,7-8H2,1-2H3. The zero-order valence-electron chi connectivity index (χ0n) is 11.3. The van der Waals surface area contributed by atoms with Gasteiger partial charge in [0.25, 0.3) is 0 Å². The summed E-state index contributed by atoms with van der Waals surface area (Å²) < 4.78 is 40.0. The fraction of sp³-hybridized carbons (Fsp3) is 0.462. The van der Waals surface area contributed by atoms with Crippen molar-refractivity contribution in [2.24, 2.45) is 0 Å². The number of nitrogens with zero attached hydrogens (tertiary/aromatic N) is 1. The lowest BCUT2D eigenvalue weighted by Crippen LogP contribution is -2.22. The van der Waals surface area contributed by atoms with Crippen molar-refractivity contribution >= 4 is 11.6 Å². The summed E-state index contributed by atoms with van der Waals surface area (Å²) in [6.07, 6.45) is -3.71. The molecule has 0 aliphatic heterocycles. The molecule has 0 aliphatic carbocycles. The molecule has 0 saturated heterocycles. The van der Waals surface area contributed by atoms with Crippen LogP contribution in [0.2, 0.25) is 0 Å². The monoisotopic (exact) mass is 290 g/mol. The highest BCUT2D eigenvalue weighted by Crippen LogP contribution is 2.24. The molecule has 1 aromatic rings. The molecule has 0 atom stereocenters. The summed E-state index contributed by atoms with van der Waals surface area (Å²) in [6.45, 7) is 0.495. The fourth-order valence-corrected chi connectivity index (χ4v) is 1.50. The van der Waals surface area contributed by atoms with E-state index in [1.807, 2.05) is 0 Å². The van der Waals surface area contributed by atoms with Crippen molar-refractivity contribution in [3.8, 4) is 5.75 Å². The number of benzene rings is 1. The molecule has 1 N–H and O–H groups in total. The Labute approximate surface area is 115 Å². The van der Waals surface area contributed by atoms with Crippen LogP contribution in [0.5, 0.6) is 5.75 Å². The summed E-state index contributed by atoms with van der Waals surface area (Å²) >= 11 is 0. The number of carbonyl (C=O) groups is 1. The Morgan fingerprint density at radius 3 is 2.65 bits per heavy atom. The highest BCUT2D eigenvalue weighted by atomic mass is 19.4. The van der Waals surface area contributed by atoms with E-state index in [4.69, 9.17) is 0 Å². The quantitative estimate of drug-likeness (QED) is 0.819. The van der Waals surface area contributed by atoms with Gasteiger partial charge in [0.2, 0.25) is 5.91 Å². The third kappa shape index (κ3) is 6.31. The van der Waals surface area contributed by atoms with Gasteiger partial charge in [-0.1, -0.05) is 6.07 Å². The highest BCUT2D eigenvalue weighted by molar-refractivity contribution is 5.75. The van der Waals surface area contributed by atoms with Gasteiger partial charge < -0.3 is 15.0 Å². The Morgan fingerprint density at radius 1 is 1.35 bits per heavy atom.